The van der Waals surface area contributed by atoms with E-state index in [0.29, 0.717) is 38.4 Å². The molecule has 2 fully saturated rings. The second-order valence-electron chi connectivity index (χ2n) is 6.89. The minimum absolute atomic E-state index is 0.0678. The van der Waals surface area contributed by atoms with E-state index in [1.165, 1.54) is 25.5 Å². The van der Waals surface area contributed by atoms with Crippen molar-refractivity contribution in [3.8, 4) is 0 Å². The predicted molar refractivity (Wildman–Crippen MR) is 93.2 cm³/mol. The number of ether oxygens (including phenoxy) is 1. The van der Waals surface area contributed by atoms with Crippen LogP contribution in [-0.2, 0) is 9.53 Å². The van der Waals surface area contributed by atoms with E-state index in [4.69, 9.17) is 9.15 Å². The molecule has 1 atom stereocenters. The van der Waals surface area contributed by atoms with E-state index in [1.807, 2.05) is 11.8 Å². The Morgan fingerprint density at radius 1 is 1.16 bits per heavy atom. The molecule has 3 rings (SSSR count). The second-order valence-corrected chi connectivity index (χ2v) is 6.89. The van der Waals surface area contributed by atoms with Crippen LogP contribution in [0, 0.1) is 0 Å². The van der Waals surface area contributed by atoms with Gasteiger partial charge in [-0.3, -0.25) is 9.59 Å². The number of nitrogens with zero attached hydrogens (tertiary/aromatic N) is 2. The van der Waals surface area contributed by atoms with Crippen molar-refractivity contribution in [1.29, 1.82) is 0 Å². The molecule has 2 amide bonds. The fraction of sp³-hybridized carbons (Fsp3) is 0.684. The summed E-state index contributed by atoms with van der Waals surface area (Å²) in [7, 11) is 0. The first kappa shape index (κ1) is 18.0. The minimum Gasteiger partial charge on any atom is -0.459 e. The molecule has 6 nitrogen and oxygen atoms in total. The van der Waals surface area contributed by atoms with E-state index < -0.39 is 0 Å². The number of amides is 2. The zero-order chi connectivity index (χ0) is 17.6. The smallest absolute Gasteiger partial charge is 0.289 e. The van der Waals surface area contributed by atoms with Crippen molar-refractivity contribution >= 4 is 11.8 Å². The Kier molecular flexibility index (Phi) is 6.13. The van der Waals surface area contributed by atoms with E-state index >= 15 is 0 Å². The fourth-order valence-electron chi connectivity index (χ4n) is 3.65. The highest BCUT2D eigenvalue weighted by Crippen LogP contribution is 2.23. The molecule has 0 bridgehead atoms. The zero-order valence-electron chi connectivity index (χ0n) is 15.0. The molecule has 25 heavy (non-hydrogen) atoms. The molecule has 1 saturated carbocycles. The Morgan fingerprint density at radius 3 is 2.44 bits per heavy atom. The molecule has 0 aromatic carbocycles. The first-order valence-electron chi connectivity index (χ1n) is 9.46. The van der Waals surface area contributed by atoms with Crippen LogP contribution in [0.4, 0.5) is 0 Å². The van der Waals surface area contributed by atoms with Gasteiger partial charge in [0.25, 0.3) is 11.8 Å². The van der Waals surface area contributed by atoms with Gasteiger partial charge in [-0.2, -0.15) is 0 Å². The summed E-state index contributed by atoms with van der Waals surface area (Å²) in [5.74, 6) is 0.313. The normalized spacial score (nSPS) is 20.5. The van der Waals surface area contributed by atoms with Crippen LogP contribution in [-0.4, -0.2) is 60.0 Å². The van der Waals surface area contributed by atoms with Crippen molar-refractivity contribution in [3.05, 3.63) is 24.2 Å². The molecule has 1 aliphatic heterocycles. The number of piperazine rings is 1. The summed E-state index contributed by atoms with van der Waals surface area (Å²) in [6.45, 7) is 4.17. The van der Waals surface area contributed by atoms with Gasteiger partial charge in [0.2, 0.25) is 0 Å². The lowest BCUT2D eigenvalue weighted by molar-refractivity contribution is -0.150. The maximum absolute atomic E-state index is 12.8. The molecule has 2 aliphatic rings. The van der Waals surface area contributed by atoms with Gasteiger partial charge in [0, 0.05) is 26.2 Å². The molecule has 0 radical (unpaired) electrons. The molecule has 0 spiro atoms. The standard InChI is InChI=1S/C19H28N2O4/c1-2-16(25-15-7-4-3-5-8-15)18(22)20-10-12-21(13-11-20)19(23)17-9-6-14-24-17/h6,9,14-16H,2-5,7-8,10-13H2,1H3. The maximum atomic E-state index is 12.8. The summed E-state index contributed by atoms with van der Waals surface area (Å²) < 4.78 is 11.3. The van der Waals surface area contributed by atoms with Gasteiger partial charge in [0.1, 0.15) is 6.10 Å². The minimum atomic E-state index is -0.351. The molecule has 1 aromatic heterocycles. The van der Waals surface area contributed by atoms with Crippen LogP contribution < -0.4 is 0 Å². The lowest BCUT2D eigenvalue weighted by Gasteiger charge is -2.36. The molecule has 1 saturated heterocycles. The monoisotopic (exact) mass is 348 g/mol. The Morgan fingerprint density at radius 2 is 1.84 bits per heavy atom. The number of carbonyl (C=O) groups excluding carboxylic acids is 2. The Hall–Kier alpha value is -1.82. The fourth-order valence-corrected chi connectivity index (χ4v) is 3.65. The average Bonchev–Trinajstić information content (AvgIpc) is 3.21. The van der Waals surface area contributed by atoms with Crippen LogP contribution in [0.3, 0.4) is 0 Å². The van der Waals surface area contributed by atoms with E-state index in [9.17, 15) is 9.59 Å². The van der Waals surface area contributed by atoms with Gasteiger partial charge < -0.3 is 19.0 Å². The second kappa shape index (κ2) is 8.52. The van der Waals surface area contributed by atoms with Gasteiger partial charge in [-0.15, -0.1) is 0 Å². The van der Waals surface area contributed by atoms with Crippen LogP contribution in [0.15, 0.2) is 22.8 Å². The van der Waals surface area contributed by atoms with Gasteiger partial charge >= 0.3 is 0 Å². The third-order valence-corrected chi connectivity index (χ3v) is 5.17. The Balaban J connectivity index is 1.50. The number of furan rings is 1. The highest BCUT2D eigenvalue weighted by Gasteiger charge is 2.31. The van der Waals surface area contributed by atoms with Crippen LogP contribution in [0.25, 0.3) is 0 Å². The summed E-state index contributed by atoms with van der Waals surface area (Å²) in [6, 6.07) is 3.38. The van der Waals surface area contributed by atoms with Crippen LogP contribution in [0.5, 0.6) is 0 Å². The van der Waals surface area contributed by atoms with Gasteiger partial charge in [0.15, 0.2) is 5.76 Å². The maximum Gasteiger partial charge on any atom is 0.289 e. The van der Waals surface area contributed by atoms with Crippen LogP contribution in [0.1, 0.15) is 56.0 Å². The molecule has 1 aliphatic carbocycles. The van der Waals surface area contributed by atoms with Crippen molar-refractivity contribution in [2.24, 2.45) is 0 Å². The number of hydrogen-bond donors (Lipinski definition) is 0. The molecule has 1 unspecified atom stereocenters. The molecule has 0 N–H and O–H groups in total. The van der Waals surface area contributed by atoms with Gasteiger partial charge in [-0.1, -0.05) is 26.2 Å². The van der Waals surface area contributed by atoms with E-state index in [-0.39, 0.29) is 24.0 Å². The number of carbonyl (C=O) groups is 2. The van der Waals surface area contributed by atoms with Gasteiger partial charge in [-0.25, -0.2) is 0 Å². The average molecular weight is 348 g/mol. The molecular weight excluding hydrogens is 320 g/mol. The lowest BCUT2D eigenvalue weighted by atomic mass is 9.97. The number of hydrogen-bond acceptors (Lipinski definition) is 4. The predicted octanol–water partition coefficient (Wildman–Crippen LogP) is 2.69. The van der Waals surface area contributed by atoms with Crippen molar-refractivity contribution < 1.29 is 18.7 Å². The SMILES string of the molecule is CCC(OC1CCCCC1)C(=O)N1CCN(C(=O)c2ccco2)CC1. The molecule has 6 heteroatoms. The van der Waals surface area contributed by atoms with Crippen molar-refractivity contribution in [3.63, 3.8) is 0 Å². The van der Waals surface area contributed by atoms with Crippen LogP contribution >= 0.6 is 0 Å². The Labute approximate surface area is 149 Å². The molecule has 2 heterocycles. The largest absolute Gasteiger partial charge is 0.459 e. The van der Waals surface area contributed by atoms with Crippen molar-refractivity contribution in [2.75, 3.05) is 26.2 Å². The zero-order valence-corrected chi connectivity index (χ0v) is 15.0. The van der Waals surface area contributed by atoms with Crippen molar-refractivity contribution in [1.82, 2.24) is 9.80 Å². The van der Waals surface area contributed by atoms with Crippen molar-refractivity contribution in [2.45, 2.75) is 57.7 Å². The summed E-state index contributed by atoms with van der Waals surface area (Å²) in [4.78, 5) is 28.7. The van der Waals surface area contributed by atoms with E-state index in [0.717, 1.165) is 12.8 Å². The van der Waals surface area contributed by atoms with E-state index in [1.54, 1.807) is 17.0 Å². The Bertz CT molecular complexity index is 558. The summed E-state index contributed by atoms with van der Waals surface area (Å²) in [5.41, 5.74) is 0. The third-order valence-electron chi connectivity index (χ3n) is 5.17. The highest BCUT2D eigenvalue weighted by atomic mass is 16.5. The quantitative estimate of drug-likeness (QED) is 0.821. The molecule has 138 valence electrons. The highest BCUT2D eigenvalue weighted by molar-refractivity contribution is 5.91. The summed E-state index contributed by atoms with van der Waals surface area (Å²) >= 11 is 0. The third kappa shape index (κ3) is 4.42. The lowest BCUT2D eigenvalue weighted by Crippen LogP contribution is -2.53. The summed E-state index contributed by atoms with van der Waals surface area (Å²) in [6.07, 6.45) is 7.87. The molecular formula is C19H28N2O4. The topological polar surface area (TPSA) is 63.0 Å². The van der Waals surface area contributed by atoms with Crippen LogP contribution in [0.2, 0.25) is 0 Å². The molecule has 1 aromatic rings. The first-order valence-corrected chi connectivity index (χ1v) is 9.46. The van der Waals surface area contributed by atoms with E-state index in [2.05, 4.69) is 0 Å². The van der Waals surface area contributed by atoms with Gasteiger partial charge in [-0.05, 0) is 31.4 Å². The number of rotatable bonds is 5. The van der Waals surface area contributed by atoms with Gasteiger partial charge in [0.05, 0.1) is 12.4 Å². The summed E-state index contributed by atoms with van der Waals surface area (Å²) in [5, 5.41) is 0. The first-order chi connectivity index (χ1) is 12.2.